The largest absolute Gasteiger partial charge is 0.216 e. The summed E-state index contributed by atoms with van der Waals surface area (Å²) in [4.78, 5) is 0. The van der Waals surface area contributed by atoms with Crippen LogP contribution in [0.4, 0.5) is 4.39 Å². The zero-order chi connectivity index (χ0) is 55.1. The average molecular weight is 1050 g/mol. The predicted molar refractivity (Wildman–Crippen MR) is 327 cm³/mol. The van der Waals surface area contributed by atoms with Gasteiger partial charge in [-0.3, -0.25) is 0 Å². The van der Waals surface area contributed by atoms with Crippen LogP contribution in [0.1, 0.15) is 85.7 Å². The molecule has 0 saturated heterocycles. The van der Waals surface area contributed by atoms with Crippen LogP contribution in [0.5, 0.6) is 0 Å². The van der Waals surface area contributed by atoms with E-state index in [1.165, 1.54) is 163 Å². The highest BCUT2D eigenvalue weighted by Crippen LogP contribution is 2.36. The van der Waals surface area contributed by atoms with Gasteiger partial charge in [-0.05, 0) is 179 Å². The van der Waals surface area contributed by atoms with Crippen molar-refractivity contribution in [2.75, 3.05) is 0 Å². The molecular weight excluding hydrogens is 976 g/mol. The minimum Gasteiger partial charge on any atom is -0.206 e. The summed E-state index contributed by atoms with van der Waals surface area (Å²) < 4.78 is 23.4. The van der Waals surface area contributed by atoms with E-state index in [1.807, 2.05) is 18.2 Å². The van der Waals surface area contributed by atoms with Gasteiger partial charge in [-0.1, -0.05) is 79.6 Å². The van der Waals surface area contributed by atoms with E-state index in [4.69, 9.17) is 0 Å². The molecule has 0 spiro atoms. The Morgan fingerprint density at radius 3 is 1.56 bits per heavy atom. The zero-order valence-corrected chi connectivity index (χ0v) is 47.7. The maximum atomic E-state index is 13.8. The molecule has 0 fully saturated rings. The molecule has 0 bridgehead atoms. The van der Waals surface area contributed by atoms with Crippen LogP contribution in [0.15, 0.2) is 182 Å². The maximum Gasteiger partial charge on any atom is 0.216 e. The van der Waals surface area contributed by atoms with Crippen molar-refractivity contribution in [3.8, 4) is 45.0 Å². The number of fused-ring (bicyclic) bond motifs is 20. The molecular formula is C75H69FN4+4. The molecule has 0 aliphatic carbocycles. The summed E-state index contributed by atoms with van der Waals surface area (Å²) in [5, 5.41) is 4.70. The topological polar surface area (TPSA) is 15.5 Å². The van der Waals surface area contributed by atoms with E-state index >= 15 is 0 Å². The lowest BCUT2D eigenvalue weighted by Gasteiger charge is -2.03. The number of pyridine rings is 4. The maximum absolute atomic E-state index is 13.8. The van der Waals surface area contributed by atoms with Crippen molar-refractivity contribution in [2.45, 2.75) is 101 Å². The highest BCUT2D eigenvalue weighted by Gasteiger charge is 2.33. The van der Waals surface area contributed by atoms with Gasteiger partial charge in [0.05, 0.1) is 27.6 Å². The Kier molecular flexibility index (Phi) is 12.8. The predicted octanol–water partition coefficient (Wildman–Crippen LogP) is 16.2. The number of hydrogen-bond donors (Lipinski definition) is 0. The Morgan fingerprint density at radius 1 is 0.350 bits per heavy atom. The van der Waals surface area contributed by atoms with Crippen molar-refractivity contribution in [1.82, 2.24) is 0 Å². The molecule has 8 heterocycles. The van der Waals surface area contributed by atoms with E-state index in [9.17, 15) is 4.39 Å². The number of aromatic nitrogens is 4. The highest BCUT2D eigenvalue weighted by molar-refractivity contribution is 5.84. The van der Waals surface area contributed by atoms with Crippen molar-refractivity contribution < 1.29 is 22.7 Å². The van der Waals surface area contributed by atoms with Gasteiger partial charge in [0.25, 0.3) is 0 Å². The van der Waals surface area contributed by atoms with Gasteiger partial charge in [0, 0.05) is 86.9 Å². The number of nitrogens with zero attached hydrogens (tertiary/aromatic N) is 4. The Morgan fingerprint density at radius 2 is 0.863 bits per heavy atom. The van der Waals surface area contributed by atoms with Gasteiger partial charge < -0.3 is 0 Å². The molecule has 0 saturated carbocycles. The van der Waals surface area contributed by atoms with Crippen molar-refractivity contribution in [3.63, 3.8) is 0 Å². The van der Waals surface area contributed by atoms with E-state index in [0.29, 0.717) is 5.39 Å². The van der Waals surface area contributed by atoms with Gasteiger partial charge in [-0.2, -0.15) is 18.3 Å². The summed E-state index contributed by atoms with van der Waals surface area (Å²) in [6.45, 7) is 23.6. The Labute approximate surface area is 470 Å². The molecule has 4 nitrogen and oxygen atoms in total. The average Bonchev–Trinajstić information content (AvgIpc) is 4.26. The summed E-state index contributed by atoms with van der Waals surface area (Å²) >= 11 is 0. The van der Waals surface area contributed by atoms with E-state index < -0.39 is 0 Å². The Hall–Kier alpha value is -8.67. The van der Waals surface area contributed by atoms with Gasteiger partial charge >= 0.3 is 0 Å². The molecule has 4 aliphatic heterocycles. The van der Waals surface area contributed by atoms with E-state index in [0.717, 1.165) is 38.1 Å². The van der Waals surface area contributed by atoms with Crippen LogP contribution in [0.25, 0.3) is 88.6 Å². The second kappa shape index (κ2) is 20.2. The molecule has 0 unspecified atom stereocenters. The van der Waals surface area contributed by atoms with Crippen LogP contribution in [0.2, 0.25) is 0 Å². The summed E-state index contributed by atoms with van der Waals surface area (Å²) in [6.07, 6.45) is 2.36. The van der Waals surface area contributed by atoms with Crippen LogP contribution in [0.3, 0.4) is 0 Å². The number of para-hydroxylation sites is 1. The molecule has 8 aromatic carbocycles. The number of rotatable bonds is 2. The number of hydrogen-bond acceptors (Lipinski definition) is 0. The van der Waals surface area contributed by atoms with Crippen molar-refractivity contribution >= 4 is 43.6 Å². The summed E-state index contributed by atoms with van der Waals surface area (Å²) in [7, 11) is 0. The standard InChI is InChI=1S/C21H22N.C19H18N.C18H16N.C17H13FN/c1-4-5-16-6-7-17-8-9-20-18-11-14(2)10-15(3)19(18)13-22(20)21(17)12-16;1-12-9-14(3)17-11-20-18-6-4-5-13(2)15(18)7-8-19(20)16(17)10-12;1-12-9-15-11-19-17-6-4-3-5-14(17)7-8-18(19)16(15)10-13(12)2;1-11-5-6-12-10-19-16-4-2-3-15(18)13(16)7-8-17(19)14(12)9-11/h6-12H,4-5,13H2,1-3H3;4-10H,11H2,1-3H3;3-10H,11H2,1-2H3;2-9H,10H2,1H3/q4*+1. The number of aryl methyl sites for hydroxylation is 9. The molecule has 4 aromatic heterocycles. The van der Waals surface area contributed by atoms with Crippen LogP contribution in [-0.4, -0.2) is 0 Å². The minimum absolute atomic E-state index is 0.153. The quantitative estimate of drug-likeness (QED) is 0.153. The lowest BCUT2D eigenvalue weighted by molar-refractivity contribution is -0.646. The first-order chi connectivity index (χ1) is 38.8. The van der Waals surface area contributed by atoms with Crippen molar-refractivity contribution in [3.05, 3.63) is 260 Å². The van der Waals surface area contributed by atoms with Gasteiger partial charge in [0.2, 0.25) is 44.8 Å². The van der Waals surface area contributed by atoms with Crippen molar-refractivity contribution in [2.24, 2.45) is 0 Å². The van der Waals surface area contributed by atoms with Crippen LogP contribution < -0.4 is 18.3 Å². The molecule has 0 radical (unpaired) electrons. The Bertz CT molecular complexity index is 4550. The van der Waals surface area contributed by atoms with Gasteiger partial charge in [-0.25, -0.2) is 4.39 Å². The second-order valence-electron chi connectivity index (χ2n) is 23.1. The normalized spacial score (nSPS) is 12.5. The molecule has 80 heavy (non-hydrogen) atoms. The lowest BCUT2D eigenvalue weighted by atomic mass is 9.99. The summed E-state index contributed by atoms with van der Waals surface area (Å²) in [6, 6.07) is 65.3. The first-order valence-electron chi connectivity index (χ1n) is 28.6. The van der Waals surface area contributed by atoms with Gasteiger partial charge in [0.15, 0.2) is 26.2 Å². The summed E-state index contributed by atoms with van der Waals surface area (Å²) in [5.74, 6) is -0.153. The number of halogens is 1. The lowest BCUT2D eigenvalue weighted by Crippen LogP contribution is -2.33. The molecule has 12 aromatic rings. The van der Waals surface area contributed by atoms with E-state index in [1.54, 1.807) is 6.07 Å². The van der Waals surface area contributed by atoms with Crippen LogP contribution >= 0.6 is 0 Å². The van der Waals surface area contributed by atoms with Gasteiger partial charge in [-0.15, -0.1) is 0 Å². The molecule has 0 amide bonds. The molecule has 16 rings (SSSR count). The highest BCUT2D eigenvalue weighted by atomic mass is 19.1. The number of benzene rings is 8. The first kappa shape index (κ1) is 50.8. The van der Waals surface area contributed by atoms with Crippen molar-refractivity contribution in [1.29, 1.82) is 0 Å². The fraction of sp³-hybridized carbons (Fsp3) is 0.200. The Balaban J connectivity index is 0.000000101. The molecule has 4 aliphatic rings. The molecule has 5 heteroatoms. The zero-order valence-electron chi connectivity index (χ0n) is 47.7. The second-order valence-corrected chi connectivity index (χ2v) is 23.1. The third-order valence-electron chi connectivity index (χ3n) is 17.5. The SMILES string of the molecule is CCCc1ccc2ccc3[n+](c2c1)Cc1c(C)cc(C)cc1-3.Cc1cc(C)c2c(c1)-c1ccc3c(C)cccc3[n+]1C2.Cc1cc2c(cc1C)-c1ccc3ccccc3[n+]1C2.Cc1ccc2c(c1)-c1ccc3c(F)cccc3[n+]1C2. The van der Waals surface area contributed by atoms with Crippen LogP contribution in [-0.2, 0) is 32.6 Å². The van der Waals surface area contributed by atoms with Gasteiger partial charge in [0.1, 0.15) is 5.82 Å². The van der Waals surface area contributed by atoms with E-state index in [2.05, 4.69) is 232 Å². The first-order valence-corrected chi connectivity index (χ1v) is 28.6. The molecule has 0 N–H and O–H groups in total. The minimum atomic E-state index is -0.153. The van der Waals surface area contributed by atoms with Crippen LogP contribution in [0, 0.1) is 61.2 Å². The summed E-state index contributed by atoms with van der Waals surface area (Å²) in [5.41, 5.74) is 33.8. The molecule has 0 atom stereocenters. The monoisotopic (exact) mass is 1040 g/mol. The fourth-order valence-corrected chi connectivity index (χ4v) is 13.3. The van der Waals surface area contributed by atoms with E-state index in [-0.39, 0.29) is 5.82 Å². The smallest absolute Gasteiger partial charge is 0.206 e. The third kappa shape index (κ3) is 8.84. The fourth-order valence-electron chi connectivity index (χ4n) is 13.3. The third-order valence-corrected chi connectivity index (χ3v) is 17.5. The molecule has 392 valence electrons.